The summed E-state index contributed by atoms with van der Waals surface area (Å²) in [5.74, 6) is 0.416. The Hall–Kier alpha value is -0.690. The lowest BCUT2D eigenvalue weighted by Gasteiger charge is -2.33. The molecule has 0 saturated heterocycles. The van der Waals surface area contributed by atoms with Gasteiger partial charge in [0.1, 0.15) is 0 Å². The number of rotatable bonds is 54. The van der Waals surface area contributed by atoms with Gasteiger partial charge in [-0.25, -0.2) is 0 Å². The van der Waals surface area contributed by atoms with E-state index in [1.807, 2.05) is 0 Å². The molecule has 6 heteroatoms. The molecule has 0 spiro atoms. The third-order valence-electron chi connectivity index (χ3n) is 14.4. The minimum Gasteiger partial charge on any atom is -0.375 e. The lowest BCUT2D eigenvalue weighted by molar-refractivity contribution is -0.144. The molecule has 66 heavy (non-hydrogen) atoms. The van der Waals surface area contributed by atoms with Crippen LogP contribution in [0.15, 0.2) is 0 Å². The Bertz CT molecular complexity index is 887. The summed E-state index contributed by atoms with van der Waals surface area (Å²) in [5, 5.41) is 10.8. The molecule has 3 atom stereocenters. The van der Waals surface area contributed by atoms with Crippen LogP contribution in [-0.2, 0) is 14.3 Å². The van der Waals surface area contributed by atoms with E-state index in [0.717, 1.165) is 70.9 Å². The molecule has 0 aliphatic heterocycles. The van der Waals surface area contributed by atoms with Crippen LogP contribution in [0, 0.1) is 0 Å². The fraction of sp³-hybridized carbons (Fsp3) is 0.983. The van der Waals surface area contributed by atoms with Crippen molar-refractivity contribution < 1.29 is 19.4 Å². The maximum absolute atomic E-state index is 14.0. The van der Waals surface area contributed by atoms with E-state index in [9.17, 15) is 9.90 Å². The van der Waals surface area contributed by atoms with Gasteiger partial charge in [0.15, 0.2) is 6.29 Å². The van der Waals surface area contributed by atoms with Gasteiger partial charge in [0.05, 0.1) is 18.3 Å². The maximum Gasteiger partial charge on any atom is 0.222 e. The summed E-state index contributed by atoms with van der Waals surface area (Å²) in [6, 6.07) is 0.374. The SMILES string of the molecule is CCCCCCCCC(=O)N(CCCN(C)C)C(CCCCCCCCC(C)OC(CCCCCC)CCCCCC)CCCCCCCCC(O)OC(CCCCCC)CCCCCC. The molecule has 1 amide bonds. The Morgan fingerprint density at radius 3 is 1.15 bits per heavy atom. The molecular formula is C60H122N2O4. The number of unbranched alkanes of at least 4 members (excludes halogenated alkanes) is 27. The number of carbonyl (C=O) groups is 1. The van der Waals surface area contributed by atoms with Crippen LogP contribution < -0.4 is 0 Å². The van der Waals surface area contributed by atoms with Crippen LogP contribution in [0.2, 0.25) is 0 Å². The molecule has 6 nitrogen and oxygen atoms in total. The summed E-state index contributed by atoms with van der Waals surface area (Å²) in [6.07, 6.45) is 54.2. The first-order valence-corrected chi connectivity index (χ1v) is 30.1. The van der Waals surface area contributed by atoms with Crippen molar-refractivity contribution >= 4 is 5.91 Å². The lowest BCUT2D eigenvalue weighted by Crippen LogP contribution is -2.41. The average molecular weight is 936 g/mol. The van der Waals surface area contributed by atoms with E-state index in [1.165, 1.54) is 225 Å². The predicted molar refractivity (Wildman–Crippen MR) is 291 cm³/mol. The highest BCUT2D eigenvalue weighted by Crippen LogP contribution is 2.24. The Balaban J connectivity index is 5.07. The molecule has 0 aliphatic rings. The molecule has 0 aliphatic carbocycles. The van der Waals surface area contributed by atoms with Crippen molar-refractivity contribution in [3.63, 3.8) is 0 Å². The molecule has 0 bridgehead atoms. The van der Waals surface area contributed by atoms with Crippen LogP contribution in [0.5, 0.6) is 0 Å². The van der Waals surface area contributed by atoms with E-state index in [1.54, 1.807) is 0 Å². The molecular weight excluding hydrogens is 813 g/mol. The van der Waals surface area contributed by atoms with Crippen molar-refractivity contribution in [2.45, 2.75) is 355 Å². The topological polar surface area (TPSA) is 62.2 Å². The van der Waals surface area contributed by atoms with Gasteiger partial charge < -0.3 is 24.4 Å². The van der Waals surface area contributed by atoms with Gasteiger partial charge in [0.2, 0.25) is 5.91 Å². The van der Waals surface area contributed by atoms with Crippen molar-refractivity contribution in [3.8, 4) is 0 Å². The van der Waals surface area contributed by atoms with Crippen molar-refractivity contribution in [2.24, 2.45) is 0 Å². The fourth-order valence-corrected chi connectivity index (χ4v) is 10.1. The Morgan fingerprint density at radius 1 is 0.394 bits per heavy atom. The largest absolute Gasteiger partial charge is 0.375 e. The van der Waals surface area contributed by atoms with E-state index in [0.29, 0.717) is 24.2 Å². The fourth-order valence-electron chi connectivity index (χ4n) is 10.1. The summed E-state index contributed by atoms with van der Waals surface area (Å²) in [7, 11) is 4.32. The zero-order valence-electron chi connectivity index (χ0n) is 46.5. The minimum atomic E-state index is -0.615. The van der Waals surface area contributed by atoms with Crippen molar-refractivity contribution in [2.75, 3.05) is 27.2 Å². The number of aliphatic hydroxyl groups is 1. The molecule has 396 valence electrons. The van der Waals surface area contributed by atoms with Gasteiger partial charge in [-0.15, -0.1) is 0 Å². The van der Waals surface area contributed by atoms with E-state index < -0.39 is 6.29 Å². The van der Waals surface area contributed by atoms with Gasteiger partial charge >= 0.3 is 0 Å². The van der Waals surface area contributed by atoms with Crippen LogP contribution in [0.4, 0.5) is 0 Å². The Kier molecular flexibility index (Phi) is 50.2. The van der Waals surface area contributed by atoms with Gasteiger partial charge in [0.25, 0.3) is 0 Å². The van der Waals surface area contributed by atoms with Crippen molar-refractivity contribution in [1.29, 1.82) is 0 Å². The number of ether oxygens (including phenoxy) is 2. The highest BCUT2D eigenvalue weighted by atomic mass is 16.6. The number of hydrogen-bond acceptors (Lipinski definition) is 5. The normalized spacial score (nSPS) is 13.4. The quantitative estimate of drug-likeness (QED) is 0.0486. The zero-order valence-corrected chi connectivity index (χ0v) is 46.5. The second kappa shape index (κ2) is 50.7. The molecule has 0 aromatic heterocycles. The second-order valence-corrected chi connectivity index (χ2v) is 21.5. The number of carbonyl (C=O) groups excluding carboxylic acids is 1. The van der Waals surface area contributed by atoms with Gasteiger partial charge in [-0.05, 0) is 98.2 Å². The second-order valence-electron chi connectivity index (χ2n) is 21.5. The Labute approximate surface area is 415 Å². The van der Waals surface area contributed by atoms with Crippen molar-refractivity contribution in [1.82, 2.24) is 9.80 Å². The first kappa shape index (κ1) is 65.3. The first-order chi connectivity index (χ1) is 32.2. The molecule has 0 aromatic carbocycles. The highest BCUT2D eigenvalue weighted by Gasteiger charge is 2.23. The number of hydrogen-bond donors (Lipinski definition) is 1. The number of amides is 1. The van der Waals surface area contributed by atoms with Gasteiger partial charge in [-0.3, -0.25) is 4.79 Å². The van der Waals surface area contributed by atoms with Crippen LogP contribution >= 0.6 is 0 Å². The third kappa shape index (κ3) is 43.3. The number of nitrogens with zero attached hydrogens (tertiary/aromatic N) is 2. The van der Waals surface area contributed by atoms with E-state index in [4.69, 9.17) is 9.47 Å². The summed E-state index contributed by atoms with van der Waals surface area (Å²) >= 11 is 0. The highest BCUT2D eigenvalue weighted by molar-refractivity contribution is 5.76. The monoisotopic (exact) mass is 935 g/mol. The number of aliphatic hydroxyl groups excluding tert-OH is 1. The van der Waals surface area contributed by atoms with Crippen LogP contribution in [0.3, 0.4) is 0 Å². The first-order valence-electron chi connectivity index (χ1n) is 30.1. The summed E-state index contributed by atoms with van der Waals surface area (Å²) in [4.78, 5) is 18.6. The summed E-state index contributed by atoms with van der Waals surface area (Å²) < 4.78 is 12.9. The molecule has 1 N–H and O–H groups in total. The maximum atomic E-state index is 14.0. The third-order valence-corrected chi connectivity index (χ3v) is 14.4. The lowest BCUT2D eigenvalue weighted by atomic mass is 9.97. The van der Waals surface area contributed by atoms with Gasteiger partial charge in [0, 0.05) is 19.0 Å². The molecule has 0 rings (SSSR count). The van der Waals surface area contributed by atoms with Gasteiger partial charge in [-0.2, -0.15) is 0 Å². The molecule has 0 heterocycles. The predicted octanol–water partition coefficient (Wildman–Crippen LogP) is 18.5. The average Bonchev–Trinajstić information content (AvgIpc) is 3.30. The Morgan fingerprint density at radius 2 is 0.727 bits per heavy atom. The van der Waals surface area contributed by atoms with E-state index >= 15 is 0 Å². The summed E-state index contributed by atoms with van der Waals surface area (Å²) in [5.41, 5.74) is 0. The van der Waals surface area contributed by atoms with Gasteiger partial charge in [-0.1, -0.05) is 240 Å². The van der Waals surface area contributed by atoms with Crippen LogP contribution in [-0.4, -0.2) is 78.6 Å². The van der Waals surface area contributed by atoms with Crippen LogP contribution in [0.25, 0.3) is 0 Å². The van der Waals surface area contributed by atoms with Crippen molar-refractivity contribution in [3.05, 3.63) is 0 Å². The minimum absolute atomic E-state index is 0.216. The van der Waals surface area contributed by atoms with E-state index in [2.05, 4.69) is 65.4 Å². The molecule has 0 aromatic rings. The summed E-state index contributed by atoms with van der Waals surface area (Å²) in [6.45, 7) is 15.7. The molecule has 0 radical (unpaired) electrons. The molecule has 0 saturated carbocycles. The smallest absolute Gasteiger partial charge is 0.222 e. The molecule has 0 fully saturated rings. The zero-order chi connectivity index (χ0) is 48.6. The van der Waals surface area contributed by atoms with E-state index in [-0.39, 0.29) is 6.10 Å². The van der Waals surface area contributed by atoms with Crippen LogP contribution in [0.1, 0.15) is 324 Å². The standard InChI is InChI=1S/C60H122N2O4/c1-9-14-19-24-32-41-51-59(63)62(54-43-53-61(7)8)56(45-35-30-26-25-29-34-44-55(6)65-57(47-37-20-15-10-2)48-38-21-16-11-3)46-36-31-27-28-33-42-52-60(64)66-58(49-39-22-17-12-4)50-40-23-18-13-5/h55-58,60,64H,9-54H2,1-8H3. The molecule has 3 unspecified atom stereocenters.